The molecule has 0 bridgehead atoms. The summed E-state index contributed by atoms with van der Waals surface area (Å²) in [6, 6.07) is 17.1. The summed E-state index contributed by atoms with van der Waals surface area (Å²) in [7, 11) is 0. The monoisotopic (exact) mass is 397 g/mol. The molecule has 0 aliphatic carbocycles. The Bertz CT molecular complexity index is 807. The van der Waals surface area contributed by atoms with Crippen molar-refractivity contribution in [3.05, 3.63) is 59.7 Å². The summed E-state index contributed by atoms with van der Waals surface area (Å²) in [6.45, 7) is 7.48. The molecular weight excluding hydrogens is 370 g/mol. The molecule has 0 atom stereocenters. The largest absolute Gasteiger partial charge is 0.492 e. The van der Waals surface area contributed by atoms with Gasteiger partial charge in [-0.1, -0.05) is 48.3 Å². The first-order valence-electron chi connectivity index (χ1n) is 9.87. The zero-order chi connectivity index (χ0) is 19.3. The maximum absolute atomic E-state index is 11.5. The van der Waals surface area contributed by atoms with Crippen molar-refractivity contribution < 1.29 is 9.53 Å². The Morgan fingerprint density at radius 3 is 2.57 bits per heavy atom. The van der Waals surface area contributed by atoms with E-state index in [1.54, 1.807) is 6.92 Å². The topological polar surface area (TPSA) is 36.0 Å². The standard InChI is InChI=1S/C22H27N3O2S/c1-18(26)23-9-11-24(12-10-23)21-8-7-20-16-25(13-14-27-22(20)15-21)28-17-19-5-3-2-4-6-19/h2-8,15H,9-14,16-17H2,1H3. The minimum atomic E-state index is 0.165. The number of carbonyl (C=O) groups is 1. The molecule has 5 nitrogen and oxygen atoms in total. The fraction of sp³-hybridized carbons (Fsp3) is 0.409. The average Bonchev–Trinajstić information content (AvgIpc) is 2.94. The van der Waals surface area contributed by atoms with E-state index in [9.17, 15) is 4.79 Å². The molecule has 0 unspecified atom stereocenters. The third-order valence-electron chi connectivity index (χ3n) is 5.34. The number of benzene rings is 2. The maximum Gasteiger partial charge on any atom is 0.219 e. The molecular formula is C22H27N3O2S. The van der Waals surface area contributed by atoms with Crippen molar-refractivity contribution in [2.24, 2.45) is 0 Å². The lowest BCUT2D eigenvalue weighted by molar-refractivity contribution is -0.129. The molecule has 6 heteroatoms. The van der Waals surface area contributed by atoms with Crippen LogP contribution in [0.3, 0.4) is 0 Å². The Morgan fingerprint density at radius 2 is 1.82 bits per heavy atom. The van der Waals surface area contributed by atoms with Gasteiger partial charge in [-0.15, -0.1) is 0 Å². The summed E-state index contributed by atoms with van der Waals surface area (Å²) >= 11 is 1.87. The van der Waals surface area contributed by atoms with Gasteiger partial charge in [-0.3, -0.25) is 4.79 Å². The van der Waals surface area contributed by atoms with Gasteiger partial charge in [0.1, 0.15) is 12.4 Å². The third kappa shape index (κ3) is 4.62. The van der Waals surface area contributed by atoms with Crippen molar-refractivity contribution in [3.8, 4) is 5.75 Å². The number of ether oxygens (including phenoxy) is 1. The zero-order valence-corrected chi connectivity index (χ0v) is 17.2. The number of hydrogen-bond donors (Lipinski definition) is 0. The number of amides is 1. The molecule has 2 aromatic carbocycles. The SMILES string of the molecule is CC(=O)N1CCN(c2ccc3c(c2)OCCN(SCc2ccccc2)C3)CC1. The molecule has 28 heavy (non-hydrogen) atoms. The maximum atomic E-state index is 11.5. The molecule has 2 heterocycles. The van der Waals surface area contributed by atoms with E-state index in [2.05, 4.69) is 57.7 Å². The van der Waals surface area contributed by atoms with Crippen LogP contribution in [-0.2, 0) is 17.1 Å². The van der Waals surface area contributed by atoms with Gasteiger partial charge in [0.2, 0.25) is 5.91 Å². The predicted molar refractivity (Wildman–Crippen MR) is 115 cm³/mol. The molecule has 148 valence electrons. The second-order valence-electron chi connectivity index (χ2n) is 7.26. The van der Waals surface area contributed by atoms with Crippen LogP contribution in [0.25, 0.3) is 0 Å². The molecule has 1 fully saturated rings. The number of hydrogen-bond acceptors (Lipinski definition) is 5. The molecule has 0 radical (unpaired) electrons. The summed E-state index contributed by atoms with van der Waals surface area (Å²) in [5.74, 6) is 2.14. The first kappa shape index (κ1) is 19.2. The second kappa shape index (κ2) is 8.88. The number of rotatable bonds is 4. The number of nitrogens with zero attached hydrogens (tertiary/aromatic N) is 3. The molecule has 0 aromatic heterocycles. The molecule has 4 rings (SSSR count). The van der Waals surface area contributed by atoms with Gasteiger partial charge in [0.15, 0.2) is 0 Å². The Labute approximate surface area is 171 Å². The second-order valence-corrected chi connectivity index (χ2v) is 8.32. The molecule has 1 amide bonds. The Morgan fingerprint density at radius 1 is 1.04 bits per heavy atom. The van der Waals surface area contributed by atoms with Gasteiger partial charge in [0, 0.05) is 69.3 Å². The van der Waals surface area contributed by atoms with Gasteiger partial charge in [-0.05, 0) is 11.6 Å². The molecule has 0 saturated carbocycles. The van der Waals surface area contributed by atoms with Gasteiger partial charge < -0.3 is 14.5 Å². The Hall–Kier alpha value is -2.18. The molecule has 0 N–H and O–H groups in total. The first-order chi connectivity index (χ1) is 13.7. The lowest BCUT2D eigenvalue weighted by atomic mass is 10.1. The van der Waals surface area contributed by atoms with Crippen LogP contribution >= 0.6 is 11.9 Å². The van der Waals surface area contributed by atoms with Crippen molar-refractivity contribution >= 4 is 23.5 Å². The normalized spacial score (nSPS) is 17.6. The molecule has 1 saturated heterocycles. The molecule has 2 aliphatic rings. The quantitative estimate of drug-likeness (QED) is 0.739. The zero-order valence-electron chi connectivity index (χ0n) is 16.3. The average molecular weight is 398 g/mol. The van der Waals surface area contributed by atoms with E-state index >= 15 is 0 Å². The molecule has 0 spiro atoms. The highest BCUT2D eigenvalue weighted by atomic mass is 32.2. The van der Waals surface area contributed by atoms with Crippen LogP contribution in [0.5, 0.6) is 5.75 Å². The minimum Gasteiger partial charge on any atom is -0.492 e. The summed E-state index contributed by atoms with van der Waals surface area (Å²) in [5, 5.41) is 0. The van der Waals surface area contributed by atoms with Crippen LogP contribution in [0, 0.1) is 0 Å². The van der Waals surface area contributed by atoms with Crippen molar-refractivity contribution in [1.29, 1.82) is 0 Å². The number of anilines is 1. The van der Waals surface area contributed by atoms with E-state index in [0.29, 0.717) is 6.61 Å². The smallest absolute Gasteiger partial charge is 0.219 e. The van der Waals surface area contributed by atoms with E-state index in [-0.39, 0.29) is 5.91 Å². The number of fused-ring (bicyclic) bond motifs is 1. The highest BCUT2D eigenvalue weighted by Gasteiger charge is 2.21. The summed E-state index contributed by atoms with van der Waals surface area (Å²) in [6.07, 6.45) is 0. The predicted octanol–water partition coefficient (Wildman–Crippen LogP) is 3.40. The van der Waals surface area contributed by atoms with E-state index in [1.807, 2.05) is 16.8 Å². The van der Waals surface area contributed by atoms with Gasteiger partial charge in [0.05, 0.1) is 0 Å². The van der Waals surface area contributed by atoms with Crippen LogP contribution in [-0.4, -0.2) is 54.4 Å². The summed E-state index contributed by atoms with van der Waals surface area (Å²) in [5.41, 5.74) is 3.77. The third-order valence-corrected chi connectivity index (χ3v) is 6.48. The van der Waals surface area contributed by atoms with Crippen LogP contribution in [0.4, 0.5) is 5.69 Å². The van der Waals surface area contributed by atoms with Crippen molar-refractivity contribution in [3.63, 3.8) is 0 Å². The van der Waals surface area contributed by atoms with E-state index in [0.717, 1.165) is 50.8 Å². The van der Waals surface area contributed by atoms with E-state index in [4.69, 9.17) is 4.74 Å². The number of piperazine rings is 1. The van der Waals surface area contributed by atoms with Gasteiger partial charge in [-0.25, -0.2) is 4.31 Å². The highest BCUT2D eigenvalue weighted by Crippen LogP contribution is 2.31. The van der Waals surface area contributed by atoms with E-state index in [1.165, 1.54) is 16.8 Å². The first-order valence-corrected chi connectivity index (χ1v) is 10.8. The van der Waals surface area contributed by atoms with E-state index < -0.39 is 0 Å². The fourth-order valence-corrected chi connectivity index (χ4v) is 4.62. The van der Waals surface area contributed by atoms with Crippen LogP contribution in [0.1, 0.15) is 18.1 Å². The Balaban J connectivity index is 1.38. The summed E-state index contributed by atoms with van der Waals surface area (Å²) in [4.78, 5) is 15.8. The van der Waals surface area contributed by atoms with Gasteiger partial charge in [-0.2, -0.15) is 0 Å². The number of carbonyl (C=O) groups excluding carboxylic acids is 1. The molecule has 2 aromatic rings. The fourth-order valence-electron chi connectivity index (χ4n) is 3.66. The highest BCUT2D eigenvalue weighted by molar-refractivity contribution is 7.96. The van der Waals surface area contributed by atoms with Crippen molar-refractivity contribution in [2.45, 2.75) is 19.2 Å². The lowest BCUT2D eigenvalue weighted by Gasteiger charge is -2.35. The van der Waals surface area contributed by atoms with Gasteiger partial charge >= 0.3 is 0 Å². The van der Waals surface area contributed by atoms with Crippen LogP contribution in [0.15, 0.2) is 48.5 Å². The van der Waals surface area contributed by atoms with Crippen LogP contribution in [0.2, 0.25) is 0 Å². The van der Waals surface area contributed by atoms with Crippen molar-refractivity contribution in [1.82, 2.24) is 9.21 Å². The lowest BCUT2D eigenvalue weighted by Crippen LogP contribution is -2.48. The Kier molecular flexibility index (Phi) is 6.07. The minimum absolute atomic E-state index is 0.165. The van der Waals surface area contributed by atoms with Crippen molar-refractivity contribution in [2.75, 3.05) is 44.2 Å². The molecule has 2 aliphatic heterocycles. The van der Waals surface area contributed by atoms with Crippen LogP contribution < -0.4 is 9.64 Å². The summed E-state index contributed by atoms with van der Waals surface area (Å²) < 4.78 is 8.47. The van der Waals surface area contributed by atoms with Gasteiger partial charge in [0.25, 0.3) is 0 Å².